The third kappa shape index (κ3) is 3.00. The molecule has 3 N–H and O–H groups in total. The standard InChI is InChI=1S/C13H16N2O4S/c1-9-3-2-6-15(8-9)12-5-4-10(20(14,18)19)7-11(12)13(16)17/h3-5,7H,2,6,8H2,1H3,(H,16,17)(H2,14,18,19). The molecule has 1 aromatic carbocycles. The molecule has 1 aromatic rings. The number of aromatic carboxylic acids is 1. The van der Waals surface area contributed by atoms with E-state index in [0.29, 0.717) is 18.8 Å². The minimum atomic E-state index is -3.91. The van der Waals surface area contributed by atoms with Gasteiger partial charge in [0, 0.05) is 13.1 Å². The minimum absolute atomic E-state index is 0.0498. The summed E-state index contributed by atoms with van der Waals surface area (Å²) in [6, 6.07) is 3.95. The molecule has 0 radical (unpaired) electrons. The number of nitrogens with two attached hydrogens (primary N) is 1. The Hall–Kier alpha value is -1.86. The highest BCUT2D eigenvalue weighted by atomic mass is 32.2. The van der Waals surface area contributed by atoms with E-state index < -0.39 is 16.0 Å². The second-order valence-corrected chi connectivity index (χ2v) is 6.35. The number of sulfonamides is 1. The van der Waals surface area contributed by atoms with Crippen molar-refractivity contribution in [1.82, 2.24) is 0 Å². The van der Waals surface area contributed by atoms with Crippen LogP contribution in [0.1, 0.15) is 23.7 Å². The topological polar surface area (TPSA) is 101 Å². The average Bonchev–Trinajstić information content (AvgIpc) is 2.37. The fourth-order valence-corrected chi connectivity index (χ4v) is 2.80. The van der Waals surface area contributed by atoms with Crippen LogP contribution in [0.2, 0.25) is 0 Å². The van der Waals surface area contributed by atoms with Gasteiger partial charge in [-0.2, -0.15) is 0 Å². The van der Waals surface area contributed by atoms with Gasteiger partial charge in [0.1, 0.15) is 0 Å². The quantitative estimate of drug-likeness (QED) is 0.816. The third-order valence-electron chi connectivity index (χ3n) is 3.20. The van der Waals surface area contributed by atoms with E-state index in [1.807, 2.05) is 11.8 Å². The fraction of sp³-hybridized carbons (Fsp3) is 0.308. The van der Waals surface area contributed by atoms with Gasteiger partial charge in [0.05, 0.1) is 16.1 Å². The summed E-state index contributed by atoms with van der Waals surface area (Å²) in [5, 5.41) is 14.3. The van der Waals surface area contributed by atoms with Gasteiger partial charge in [0.2, 0.25) is 10.0 Å². The van der Waals surface area contributed by atoms with Crippen molar-refractivity contribution < 1.29 is 18.3 Å². The van der Waals surface area contributed by atoms with Crippen LogP contribution in [-0.4, -0.2) is 32.6 Å². The van der Waals surface area contributed by atoms with Crippen LogP contribution in [0.3, 0.4) is 0 Å². The Morgan fingerprint density at radius 3 is 2.65 bits per heavy atom. The number of hydrogen-bond donors (Lipinski definition) is 2. The minimum Gasteiger partial charge on any atom is -0.478 e. The molecular formula is C13H16N2O4S. The lowest BCUT2D eigenvalue weighted by atomic mass is 10.1. The number of hydrogen-bond acceptors (Lipinski definition) is 4. The second-order valence-electron chi connectivity index (χ2n) is 4.79. The van der Waals surface area contributed by atoms with Gasteiger partial charge in [0.25, 0.3) is 0 Å². The number of primary sulfonamides is 1. The SMILES string of the molecule is CC1=CCCN(c2ccc(S(N)(=O)=O)cc2C(=O)O)C1. The van der Waals surface area contributed by atoms with Crippen LogP contribution in [0.25, 0.3) is 0 Å². The van der Waals surface area contributed by atoms with E-state index in [1.165, 1.54) is 12.1 Å². The van der Waals surface area contributed by atoms with Gasteiger partial charge in [-0.05, 0) is 31.5 Å². The molecule has 0 atom stereocenters. The molecule has 1 aliphatic heterocycles. The van der Waals surface area contributed by atoms with E-state index in [9.17, 15) is 18.3 Å². The van der Waals surface area contributed by atoms with Gasteiger partial charge in [-0.3, -0.25) is 0 Å². The van der Waals surface area contributed by atoms with E-state index in [0.717, 1.165) is 18.1 Å². The molecule has 0 amide bonds. The van der Waals surface area contributed by atoms with Gasteiger partial charge < -0.3 is 10.0 Å². The Bertz CT molecular complexity index is 680. The van der Waals surface area contributed by atoms with E-state index in [2.05, 4.69) is 6.08 Å². The zero-order valence-corrected chi connectivity index (χ0v) is 11.9. The van der Waals surface area contributed by atoms with E-state index in [-0.39, 0.29) is 10.5 Å². The van der Waals surface area contributed by atoms with Crippen molar-refractivity contribution in [3.05, 3.63) is 35.4 Å². The molecule has 1 aliphatic rings. The van der Waals surface area contributed by atoms with Crippen LogP contribution in [-0.2, 0) is 10.0 Å². The van der Waals surface area contributed by atoms with Crippen LogP contribution in [0.5, 0.6) is 0 Å². The van der Waals surface area contributed by atoms with Crippen molar-refractivity contribution in [3.8, 4) is 0 Å². The lowest BCUT2D eigenvalue weighted by molar-refractivity contribution is 0.0697. The first-order valence-electron chi connectivity index (χ1n) is 6.10. The summed E-state index contributed by atoms with van der Waals surface area (Å²) in [5.41, 5.74) is 1.62. The molecule has 0 bridgehead atoms. The van der Waals surface area contributed by atoms with E-state index >= 15 is 0 Å². The van der Waals surface area contributed by atoms with Crippen LogP contribution >= 0.6 is 0 Å². The number of carbonyl (C=O) groups is 1. The lowest BCUT2D eigenvalue weighted by Crippen LogP contribution is -2.30. The molecule has 0 aliphatic carbocycles. The zero-order chi connectivity index (χ0) is 14.9. The predicted octanol–water partition coefficient (Wildman–Crippen LogP) is 1.19. The third-order valence-corrected chi connectivity index (χ3v) is 4.11. The summed E-state index contributed by atoms with van der Waals surface area (Å²) < 4.78 is 22.6. The average molecular weight is 296 g/mol. The number of anilines is 1. The van der Waals surface area contributed by atoms with Gasteiger partial charge in [0.15, 0.2) is 0 Å². The van der Waals surface area contributed by atoms with Crippen LogP contribution < -0.4 is 10.0 Å². The molecule has 20 heavy (non-hydrogen) atoms. The van der Waals surface area contributed by atoms with Crippen LogP contribution in [0.4, 0.5) is 5.69 Å². The Balaban J connectivity index is 2.49. The fourth-order valence-electron chi connectivity index (χ4n) is 2.26. The van der Waals surface area contributed by atoms with Crippen LogP contribution in [0, 0.1) is 0 Å². The highest BCUT2D eigenvalue weighted by molar-refractivity contribution is 7.89. The number of carboxylic acid groups (broad SMARTS) is 1. The Morgan fingerprint density at radius 1 is 1.40 bits per heavy atom. The molecule has 2 rings (SSSR count). The smallest absolute Gasteiger partial charge is 0.337 e. The first kappa shape index (κ1) is 14.5. The normalized spacial score (nSPS) is 15.9. The van der Waals surface area contributed by atoms with Crippen molar-refractivity contribution in [1.29, 1.82) is 0 Å². The second kappa shape index (κ2) is 5.26. The lowest BCUT2D eigenvalue weighted by Gasteiger charge is -2.29. The predicted molar refractivity (Wildman–Crippen MR) is 75.4 cm³/mol. The van der Waals surface area contributed by atoms with E-state index in [4.69, 9.17) is 5.14 Å². The van der Waals surface area contributed by atoms with E-state index in [1.54, 1.807) is 0 Å². The largest absolute Gasteiger partial charge is 0.478 e. The molecule has 0 unspecified atom stereocenters. The summed E-state index contributed by atoms with van der Waals surface area (Å²) in [6.07, 6.45) is 2.94. The van der Waals surface area contributed by atoms with Crippen molar-refractivity contribution in [3.63, 3.8) is 0 Å². The molecule has 0 spiro atoms. The van der Waals surface area contributed by atoms with Gasteiger partial charge in [-0.1, -0.05) is 11.6 Å². The molecule has 6 nitrogen and oxygen atoms in total. The molecule has 108 valence electrons. The maximum absolute atomic E-state index is 11.3. The number of rotatable bonds is 3. The molecule has 0 fully saturated rings. The highest BCUT2D eigenvalue weighted by Gasteiger charge is 2.20. The molecular weight excluding hydrogens is 280 g/mol. The van der Waals surface area contributed by atoms with Gasteiger partial charge in [-0.25, -0.2) is 18.4 Å². The number of nitrogens with zero attached hydrogens (tertiary/aromatic N) is 1. The molecule has 0 saturated carbocycles. The highest BCUT2D eigenvalue weighted by Crippen LogP contribution is 2.26. The summed E-state index contributed by atoms with van der Waals surface area (Å²) in [7, 11) is -3.91. The van der Waals surface area contributed by atoms with Crippen molar-refractivity contribution >= 4 is 21.7 Å². The van der Waals surface area contributed by atoms with Gasteiger partial charge >= 0.3 is 5.97 Å². The maximum atomic E-state index is 11.3. The first-order chi connectivity index (χ1) is 9.29. The summed E-state index contributed by atoms with van der Waals surface area (Å²) >= 11 is 0. The molecule has 1 heterocycles. The van der Waals surface area contributed by atoms with Crippen molar-refractivity contribution in [2.24, 2.45) is 5.14 Å². The number of carboxylic acids is 1. The monoisotopic (exact) mass is 296 g/mol. The first-order valence-corrected chi connectivity index (χ1v) is 7.64. The maximum Gasteiger partial charge on any atom is 0.337 e. The Labute approximate surface area is 117 Å². The zero-order valence-electron chi connectivity index (χ0n) is 11.0. The van der Waals surface area contributed by atoms with Crippen LogP contribution in [0.15, 0.2) is 34.7 Å². The van der Waals surface area contributed by atoms with Crippen molar-refractivity contribution in [2.75, 3.05) is 18.0 Å². The number of benzene rings is 1. The molecule has 0 saturated heterocycles. The van der Waals surface area contributed by atoms with Crippen molar-refractivity contribution in [2.45, 2.75) is 18.2 Å². The Kier molecular flexibility index (Phi) is 3.82. The summed E-state index contributed by atoms with van der Waals surface area (Å²) in [4.78, 5) is 13.1. The molecule has 7 heteroatoms. The summed E-state index contributed by atoms with van der Waals surface area (Å²) in [5.74, 6) is -1.17. The molecule has 0 aromatic heterocycles. The van der Waals surface area contributed by atoms with Gasteiger partial charge in [-0.15, -0.1) is 0 Å². The Morgan fingerprint density at radius 2 is 2.10 bits per heavy atom. The summed E-state index contributed by atoms with van der Waals surface area (Å²) in [6.45, 7) is 3.31.